The molecule has 2 N–H and O–H groups in total. The number of benzene rings is 3. The van der Waals surface area contributed by atoms with Crippen LogP contribution in [-0.4, -0.2) is 11.0 Å². The zero-order valence-corrected chi connectivity index (χ0v) is 14.7. The number of amides is 1. The van der Waals surface area contributed by atoms with Crippen LogP contribution in [0.5, 0.6) is 5.75 Å². The number of rotatable bonds is 4. The van der Waals surface area contributed by atoms with Crippen molar-refractivity contribution in [2.75, 3.05) is 0 Å². The molecular weight excluding hydrogens is 344 g/mol. The molecule has 128 valence electrons. The summed E-state index contributed by atoms with van der Waals surface area (Å²) in [5.74, 6) is 0.471. The third kappa shape index (κ3) is 3.30. The van der Waals surface area contributed by atoms with E-state index < -0.39 is 0 Å². The molecule has 4 rings (SSSR count). The van der Waals surface area contributed by atoms with Crippen LogP contribution in [0.15, 0.2) is 72.4 Å². The first-order valence-electron chi connectivity index (χ1n) is 8.23. The van der Waals surface area contributed by atoms with Gasteiger partial charge in [0.2, 0.25) is 0 Å². The second kappa shape index (κ2) is 6.98. The molecule has 0 bridgehead atoms. The summed E-state index contributed by atoms with van der Waals surface area (Å²) in [5, 5.41) is 8.08. The molecule has 0 aliphatic carbocycles. The highest BCUT2D eigenvalue weighted by atomic mass is 32.1. The lowest BCUT2D eigenvalue weighted by Crippen LogP contribution is -2.21. The quantitative estimate of drug-likeness (QED) is 0.549. The minimum atomic E-state index is -0.237. The molecule has 0 atom stereocenters. The first-order chi connectivity index (χ1) is 12.7. The number of hydrogen-bond acceptors (Lipinski definition) is 3. The summed E-state index contributed by atoms with van der Waals surface area (Å²) < 4.78 is 6.07. The standard InChI is InChI=1S/C21H16N2O2S/c24-20-18(22-21(26)23-20)12-15-7-2-4-11-19(15)25-13-16-9-5-8-14-6-1-3-10-17(14)16/h1-12H,13H2,(H2,22,23,24,26). The Bertz CT molecular complexity index is 1040. The zero-order valence-electron chi connectivity index (χ0n) is 13.9. The molecule has 1 aliphatic heterocycles. The highest BCUT2D eigenvalue weighted by molar-refractivity contribution is 7.80. The van der Waals surface area contributed by atoms with Gasteiger partial charge in [0.15, 0.2) is 5.11 Å². The van der Waals surface area contributed by atoms with Gasteiger partial charge in [-0.2, -0.15) is 0 Å². The smallest absolute Gasteiger partial charge is 0.273 e. The minimum Gasteiger partial charge on any atom is -0.488 e. The van der Waals surface area contributed by atoms with Crippen LogP contribution in [0.1, 0.15) is 11.1 Å². The van der Waals surface area contributed by atoms with Crippen molar-refractivity contribution in [1.29, 1.82) is 0 Å². The molecule has 3 aromatic carbocycles. The second-order valence-electron chi connectivity index (χ2n) is 5.93. The molecule has 4 nitrogen and oxygen atoms in total. The number of ether oxygens (including phenoxy) is 1. The van der Waals surface area contributed by atoms with Crippen LogP contribution in [0, 0.1) is 0 Å². The fourth-order valence-electron chi connectivity index (χ4n) is 2.94. The summed E-state index contributed by atoms with van der Waals surface area (Å²) >= 11 is 4.97. The van der Waals surface area contributed by atoms with Gasteiger partial charge in [-0.25, -0.2) is 0 Å². The fraction of sp³-hybridized carbons (Fsp3) is 0.0476. The van der Waals surface area contributed by atoms with E-state index in [-0.39, 0.29) is 5.91 Å². The lowest BCUT2D eigenvalue weighted by molar-refractivity contribution is -0.115. The molecule has 1 amide bonds. The first-order valence-corrected chi connectivity index (χ1v) is 8.64. The number of carbonyl (C=O) groups excluding carboxylic acids is 1. The van der Waals surface area contributed by atoms with E-state index in [1.807, 2.05) is 42.5 Å². The Labute approximate surface area is 156 Å². The summed E-state index contributed by atoms with van der Waals surface area (Å²) in [6.45, 7) is 0.444. The average Bonchev–Trinajstić information content (AvgIpc) is 2.98. The summed E-state index contributed by atoms with van der Waals surface area (Å²) in [5.41, 5.74) is 2.34. The van der Waals surface area contributed by atoms with Crippen molar-refractivity contribution < 1.29 is 9.53 Å². The van der Waals surface area contributed by atoms with E-state index in [0.29, 0.717) is 23.2 Å². The van der Waals surface area contributed by atoms with Crippen molar-refractivity contribution in [3.63, 3.8) is 0 Å². The Morgan fingerprint density at radius 2 is 1.69 bits per heavy atom. The van der Waals surface area contributed by atoms with E-state index in [4.69, 9.17) is 17.0 Å². The molecule has 26 heavy (non-hydrogen) atoms. The number of fused-ring (bicyclic) bond motifs is 1. The molecule has 1 heterocycles. The Balaban J connectivity index is 1.60. The SMILES string of the molecule is O=C1NC(=S)NC1=Cc1ccccc1OCc1cccc2ccccc12. The molecule has 0 aromatic heterocycles. The van der Waals surface area contributed by atoms with Crippen LogP contribution in [0.3, 0.4) is 0 Å². The molecule has 5 heteroatoms. The number of nitrogens with one attached hydrogen (secondary N) is 2. The Hall–Kier alpha value is -3.18. The highest BCUT2D eigenvalue weighted by Gasteiger charge is 2.20. The number of thiocarbonyl (C=S) groups is 1. The number of carbonyl (C=O) groups is 1. The minimum absolute atomic E-state index is 0.237. The van der Waals surface area contributed by atoms with Gasteiger partial charge in [0, 0.05) is 5.56 Å². The van der Waals surface area contributed by atoms with Crippen molar-refractivity contribution >= 4 is 40.1 Å². The Morgan fingerprint density at radius 1 is 0.923 bits per heavy atom. The molecule has 1 saturated heterocycles. The van der Waals surface area contributed by atoms with E-state index in [2.05, 4.69) is 34.9 Å². The molecule has 0 unspecified atom stereocenters. The summed E-state index contributed by atoms with van der Waals surface area (Å²) in [4.78, 5) is 11.9. The number of para-hydroxylation sites is 1. The van der Waals surface area contributed by atoms with E-state index in [9.17, 15) is 4.79 Å². The largest absolute Gasteiger partial charge is 0.488 e. The highest BCUT2D eigenvalue weighted by Crippen LogP contribution is 2.24. The summed E-state index contributed by atoms with van der Waals surface area (Å²) in [7, 11) is 0. The number of hydrogen-bond donors (Lipinski definition) is 2. The summed E-state index contributed by atoms with van der Waals surface area (Å²) in [6, 6.07) is 22.0. The van der Waals surface area contributed by atoms with Gasteiger partial charge in [0.25, 0.3) is 5.91 Å². The molecule has 0 spiro atoms. The van der Waals surface area contributed by atoms with Gasteiger partial charge in [-0.1, -0.05) is 60.7 Å². The van der Waals surface area contributed by atoms with Crippen LogP contribution in [0.4, 0.5) is 0 Å². The lowest BCUT2D eigenvalue weighted by atomic mass is 10.1. The van der Waals surface area contributed by atoms with Crippen LogP contribution in [0.2, 0.25) is 0 Å². The van der Waals surface area contributed by atoms with Gasteiger partial charge in [-0.15, -0.1) is 0 Å². The van der Waals surface area contributed by atoms with Gasteiger partial charge >= 0.3 is 0 Å². The van der Waals surface area contributed by atoms with E-state index in [1.165, 1.54) is 10.8 Å². The molecule has 0 radical (unpaired) electrons. The third-order valence-electron chi connectivity index (χ3n) is 4.20. The maximum absolute atomic E-state index is 11.9. The topological polar surface area (TPSA) is 50.4 Å². The predicted molar refractivity (Wildman–Crippen MR) is 107 cm³/mol. The molecule has 1 fully saturated rings. The van der Waals surface area contributed by atoms with E-state index in [0.717, 1.165) is 11.1 Å². The maximum Gasteiger partial charge on any atom is 0.273 e. The molecular formula is C21H16N2O2S. The van der Waals surface area contributed by atoms with Crippen molar-refractivity contribution in [2.45, 2.75) is 6.61 Å². The predicted octanol–water partition coefficient (Wildman–Crippen LogP) is 3.76. The third-order valence-corrected chi connectivity index (χ3v) is 4.41. The normalized spacial score (nSPS) is 15.2. The van der Waals surface area contributed by atoms with Gasteiger partial charge in [-0.05, 0) is 40.7 Å². The molecule has 0 saturated carbocycles. The van der Waals surface area contributed by atoms with Gasteiger partial charge < -0.3 is 10.1 Å². The Morgan fingerprint density at radius 3 is 2.54 bits per heavy atom. The van der Waals surface area contributed by atoms with Crippen LogP contribution in [-0.2, 0) is 11.4 Å². The summed E-state index contributed by atoms with van der Waals surface area (Å²) in [6.07, 6.45) is 1.74. The van der Waals surface area contributed by atoms with Crippen LogP contribution in [0.25, 0.3) is 16.8 Å². The van der Waals surface area contributed by atoms with Crippen molar-refractivity contribution in [2.24, 2.45) is 0 Å². The van der Waals surface area contributed by atoms with Crippen molar-refractivity contribution in [1.82, 2.24) is 10.6 Å². The maximum atomic E-state index is 11.9. The second-order valence-corrected chi connectivity index (χ2v) is 6.34. The van der Waals surface area contributed by atoms with Gasteiger partial charge in [0.05, 0.1) is 0 Å². The average molecular weight is 360 g/mol. The van der Waals surface area contributed by atoms with Crippen molar-refractivity contribution in [3.8, 4) is 5.75 Å². The van der Waals surface area contributed by atoms with Crippen LogP contribution < -0.4 is 15.4 Å². The first kappa shape index (κ1) is 16.3. The Kier molecular flexibility index (Phi) is 4.37. The monoisotopic (exact) mass is 360 g/mol. The van der Waals surface area contributed by atoms with E-state index in [1.54, 1.807) is 6.08 Å². The zero-order chi connectivity index (χ0) is 17.9. The lowest BCUT2D eigenvalue weighted by Gasteiger charge is -2.11. The van der Waals surface area contributed by atoms with Crippen molar-refractivity contribution in [3.05, 3.63) is 83.6 Å². The van der Waals surface area contributed by atoms with Crippen LogP contribution >= 0.6 is 12.2 Å². The molecule has 3 aromatic rings. The van der Waals surface area contributed by atoms with E-state index >= 15 is 0 Å². The van der Waals surface area contributed by atoms with Gasteiger partial charge in [0.1, 0.15) is 18.1 Å². The molecule has 1 aliphatic rings. The fourth-order valence-corrected chi connectivity index (χ4v) is 3.15. The van der Waals surface area contributed by atoms with Gasteiger partial charge in [-0.3, -0.25) is 10.1 Å².